The molecule has 1 aliphatic heterocycles. The number of methoxy groups -OCH3 is 1. The van der Waals surface area contributed by atoms with Crippen molar-refractivity contribution >= 4 is 41.7 Å². The zero-order valence-corrected chi connectivity index (χ0v) is 34.1. The molecule has 3 rings (SSSR count). The summed E-state index contributed by atoms with van der Waals surface area (Å²) in [6, 6.07) is 11.8. The maximum atomic E-state index is 13.8. The van der Waals surface area contributed by atoms with E-state index in [9.17, 15) is 42.3 Å². The number of rotatable bonds is 22. The Balaban J connectivity index is 1.95. The van der Waals surface area contributed by atoms with E-state index in [1.54, 1.807) is 48.5 Å². The highest BCUT2D eigenvalue weighted by Gasteiger charge is 2.59. The normalized spacial score (nSPS) is 19.3. The van der Waals surface area contributed by atoms with Gasteiger partial charge in [-0.05, 0) is 28.8 Å². The minimum atomic E-state index is -3.61. The molecule has 1 heterocycles. The summed E-state index contributed by atoms with van der Waals surface area (Å²) < 4.78 is 76.5. The average molecular weight is 863 g/mol. The van der Waals surface area contributed by atoms with Gasteiger partial charge in [0.25, 0.3) is 11.7 Å². The zero-order valence-electron chi connectivity index (χ0n) is 34.1. The van der Waals surface area contributed by atoms with E-state index in [0.717, 1.165) is 39.0 Å². The van der Waals surface area contributed by atoms with Crippen LogP contribution in [0.25, 0.3) is 11.1 Å². The number of nitrogens with one attached hydrogen (secondary N) is 2. The monoisotopic (exact) mass is 862 g/mol. The molecule has 2 N–H and O–H groups in total. The molecule has 61 heavy (non-hydrogen) atoms. The smallest absolute Gasteiger partial charge is 0.366 e. The number of terminal acetylenes is 1. The Bertz CT molecular complexity index is 1870. The lowest BCUT2D eigenvalue weighted by atomic mass is 9.87. The fraction of sp³-hybridized carbons (Fsp3) is 0.488. The SMILES string of the molecule is C#CCOCCOCCO[C@]1(C(=O)OC)C[C@H](OC(C)=O)[C@@H](NC(=O)C(F)F)[C@H]([C@H](OC(C)=O)[C@@H](CNC(=O)Cc2ccc(-c3ccc(OC(C)=O)cc3)cc2)OC(C)=O)O1. The van der Waals surface area contributed by atoms with E-state index in [4.69, 9.17) is 49.1 Å². The molecule has 6 atom stereocenters. The second-order valence-electron chi connectivity index (χ2n) is 13.2. The first-order chi connectivity index (χ1) is 29.0. The van der Waals surface area contributed by atoms with Crippen LogP contribution in [0.1, 0.15) is 39.7 Å². The third kappa shape index (κ3) is 15.8. The van der Waals surface area contributed by atoms with Gasteiger partial charge < -0.3 is 53.3 Å². The number of esters is 5. The lowest BCUT2D eigenvalue weighted by molar-refractivity contribution is -0.315. The second-order valence-corrected chi connectivity index (χ2v) is 13.2. The van der Waals surface area contributed by atoms with Gasteiger partial charge in [0.2, 0.25) is 5.91 Å². The van der Waals surface area contributed by atoms with Crippen LogP contribution in [-0.4, -0.2) is 131 Å². The van der Waals surface area contributed by atoms with Crippen LogP contribution in [0.2, 0.25) is 0 Å². The largest absolute Gasteiger partial charge is 0.465 e. The van der Waals surface area contributed by atoms with Gasteiger partial charge in [0.15, 0.2) is 12.2 Å². The van der Waals surface area contributed by atoms with Gasteiger partial charge in [0.1, 0.15) is 24.6 Å². The van der Waals surface area contributed by atoms with Crippen LogP contribution in [0.15, 0.2) is 48.5 Å². The molecule has 2 aromatic rings. The number of carbonyl (C=O) groups excluding carboxylic acids is 7. The van der Waals surface area contributed by atoms with Crippen LogP contribution in [0, 0.1) is 12.3 Å². The van der Waals surface area contributed by atoms with Crippen molar-refractivity contribution in [3.8, 4) is 29.2 Å². The molecule has 2 amide bonds. The number of halogens is 2. The fourth-order valence-electron chi connectivity index (χ4n) is 6.14. The first kappa shape index (κ1) is 49.4. The van der Waals surface area contributed by atoms with Crippen LogP contribution >= 0.6 is 0 Å². The summed E-state index contributed by atoms with van der Waals surface area (Å²) >= 11 is 0. The van der Waals surface area contributed by atoms with Crippen molar-refractivity contribution in [3.05, 3.63) is 54.1 Å². The van der Waals surface area contributed by atoms with E-state index in [1.807, 2.05) is 5.32 Å². The highest BCUT2D eigenvalue weighted by atomic mass is 19.3. The topological polar surface area (TPSA) is 227 Å². The molecule has 1 fully saturated rings. The predicted molar refractivity (Wildman–Crippen MR) is 205 cm³/mol. The van der Waals surface area contributed by atoms with Crippen molar-refractivity contribution < 1.29 is 85.0 Å². The van der Waals surface area contributed by atoms with Gasteiger partial charge in [-0.3, -0.25) is 28.8 Å². The molecule has 18 nitrogen and oxygen atoms in total. The number of alkyl halides is 2. The first-order valence-corrected chi connectivity index (χ1v) is 18.7. The first-order valence-electron chi connectivity index (χ1n) is 18.7. The summed E-state index contributed by atoms with van der Waals surface area (Å²) in [5.41, 5.74) is 2.14. The maximum absolute atomic E-state index is 13.8. The zero-order chi connectivity index (χ0) is 45.1. The Morgan fingerprint density at radius 3 is 2.00 bits per heavy atom. The minimum Gasteiger partial charge on any atom is -0.465 e. The number of hydrogen-bond donors (Lipinski definition) is 2. The number of amides is 2. The maximum Gasteiger partial charge on any atom is 0.366 e. The molecule has 0 bridgehead atoms. The van der Waals surface area contributed by atoms with E-state index < -0.39 is 104 Å². The molecule has 0 aromatic heterocycles. The van der Waals surface area contributed by atoms with E-state index in [2.05, 4.69) is 11.2 Å². The number of hydrogen-bond acceptors (Lipinski definition) is 16. The van der Waals surface area contributed by atoms with Crippen molar-refractivity contribution in [2.24, 2.45) is 0 Å². The standard InChI is InChI=1S/C41H48F2N2O16/c1-7-16-54-17-18-55-19-20-56-41(40(52)53-6)22-32(58-25(3)47)35(45-39(51)38(42)43)37(61-41)36(60-27(5)49)33(59-26(4)48)23-44-34(50)21-28-8-10-29(11-9-28)30-12-14-31(15-13-30)57-24(2)46/h1,8-15,32-33,35-38H,16-23H2,2-6H3,(H,44,50)(H,45,51)/t32-,33+,35+,36+,37+,41+/m0/s1. The van der Waals surface area contributed by atoms with Crippen LogP contribution in [-0.2, 0) is 77.9 Å². The molecule has 0 saturated carbocycles. The molecule has 0 radical (unpaired) electrons. The molecule has 0 unspecified atom stereocenters. The van der Waals surface area contributed by atoms with Crippen LogP contribution in [0.5, 0.6) is 5.75 Å². The highest BCUT2D eigenvalue weighted by molar-refractivity contribution is 5.81. The average Bonchev–Trinajstić information content (AvgIpc) is 3.20. The summed E-state index contributed by atoms with van der Waals surface area (Å²) in [6.45, 7) is 3.22. The Morgan fingerprint density at radius 1 is 0.836 bits per heavy atom. The third-order valence-electron chi connectivity index (χ3n) is 8.57. The Kier molecular flexibility index (Phi) is 19.7. The van der Waals surface area contributed by atoms with E-state index in [0.29, 0.717) is 11.3 Å². The van der Waals surface area contributed by atoms with Crippen molar-refractivity contribution in [1.29, 1.82) is 0 Å². The number of ether oxygens (including phenoxy) is 9. The van der Waals surface area contributed by atoms with Gasteiger partial charge in [-0.2, -0.15) is 8.78 Å². The summed E-state index contributed by atoms with van der Waals surface area (Å²) in [5, 5.41) is 4.59. The van der Waals surface area contributed by atoms with Crippen molar-refractivity contribution in [1.82, 2.24) is 10.6 Å². The Hall–Kier alpha value is -6.01. The lowest BCUT2D eigenvalue weighted by Gasteiger charge is -2.48. The molecular formula is C41H48F2N2O16. The van der Waals surface area contributed by atoms with E-state index >= 15 is 0 Å². The molecule has 1 saturated heterocycles. The predicted octanol–water partition coefficient (Wildman–Crippen LogP) is 1.82. The van der Waals surface area contributed by atoms with Crippen LogP contribution in [0.3, 0.4) is 0 Å². The van der Waals surface area contributed by atoms with E-state index in [1.165, 1.54) is 6.92 Å². The second kappa shape index (κ2) is 24.3. The third-order valence-corrected chi connectivity index (χ3v) is 8.57. The lowest BCUT2D eigenvalue weighted by Crippen LogP contribution is -2.70. The van der Waals surface area contributed by atoms with Crippen LogP contribution in [0.4, 0.5) is 8.78 Å². The van der Waals surface area contributed by atoms with Crippen molar-refractivity contribution in [3.63, 3.8) is 0 Å². The molecule has 1 aliphatic rings. The summed E-state index contributed by atoms with van der Waals surface area (Å²) in [5.74, 6) is -7.06. The molecule has 332 valence electrons. The van der Waals surface area contributed by atoms with Crippen molar-refractivity contribution in [2.45, 2.75) is 83.2 Å². The summed E-state index contributed by atoms with van der Waals surface area (Å²) in [7, 11) is 0.967. The van der Waals surface area contributed by atoms with Gasteiger partial charge in [-0.15, -0.1) is 6.42 Å². The number of benzene rings is 2. The highest BCUT2D eigenvalue weighted by Crippen LogP contribution is 2.37. The van der Waals surface area contributed by atoms with Crippen molar-refractivity contribution in [2.75, 3.05) is 46.7 Å². The van der Waals surface area contributed by atoms with Crippen LogP contribution < -0.4 is 15.4 Å². The minimum absolute atomic E-state index is 0.0372. The van der Waals surface area contributed by atoms with Gasteiger partial charge in [-0.1, -0.05) is 42.3 Å². The molecular weight excluding hydrogens is 814 g/mol. The van der Waals surface area contributed by atoms with E-state index in [-0.39, 0.29) is 32.8 Å². The van der Waals surface area contributed by atoms with Gasteiger partial charge >= 0.3 is 36.3 Å². The quantitative estimate of drug-likeness (QED) is 0.0566. The van der Waals surface area contributed by atoms with Gasteiger partial charge in [0, 0.05) is 27.7 Å². The fourth-order valence-corrected chi connectivity index (χ4v) is 6.14. The Morgan fingerprint density at radius 2 is 1.44 bits per heavy atom. The molecule has 0 spiro atoms. The molecule has 0 aliphatic carbocycles. The number of carbonyl (C=O) groups is 7. The molecule has 20 heteroatoms. The molecule has 2 aromatic carbocycles. The van der Waals surface area contributed by atoms with Gasteiger partial charge in [0.05, 0.1) is 59.0 Å². The van der Waals surface area contributed by atoms with Gasteiger partial charge in [-0.25, -0.2) is 4.79 Å². The Labute approximate surface area is 350 Å². The summed E-state index contributed by atoms with van der Waals surface area (Å²) in [4.78, 5) is 88.1. The summed E-state index contributed by atoms with van der Waals surface area (Å²) in [6.07, 6.45) is -6.74.